The van der Waals surface area contributed by atoms with Crippen LogP contribution in [0.25, 0.3) is 11.3 Å². The van der Waals surface area contributed by atoms with Crippen LogP contribution >= 0.6 is 11.3 Å². The Kier molecular flexibility index (Phi) is 2.61. The third-order valence-electron chi connectivity index (χ3n) is 2.07. The van der Waals surface area contributed by atoms with Crippen LogP contribution < -0.4 is 5.73 Å². The SMILES string of the molecule is Cc1ccc(-c2csc(CN)n2)cc1. The minimum absolute atomic E-state index is 0.524. The summed E-state index contributed by atoms with van der Waals surface area (Å²) in [5.74, 6) is 0. The molecule has 0 aliphatic heterocycles. The minimum atomic E-state index is 0.524. The Morgan fingerprint density at radius 1 is 1.29 bits per heavy atom. The summed E-state index contributed by atoms with van der Waals surface area (Å²) in [4.78, 5) is 4.42. The highest BCUT2D eigenvalue weighted by atomic mass is 32.1. The highest BCUT2D eigenvalue weighted by Gasteiger charge is 2.02. The van der Waals surface area contributed by atoms with Crippen LogP contribution in [0.2, 0.25) is 0 Å². The van der Waals surface area contributed by atoms with E-state index in [9.17, 15) is 0 Å². The molecule has 0 unspecified atom stereocenters. The van der Waals surface area contributed by atoms with Gasteiger partial charge in [-0.15, -0.1) is 11.3 Å². The van der Waals surface area contributed by atoms with Crippen molar-refractivity contribution in [3.63, 3.8) is 0 Å². The van der Waals surface area contributed by atoms with E-state index in [4.69, 9.17) is 5.73 Å². The van der Waals surface area contributed by atoms with Gasteiger partial charge in [0.25, 0.3) is 0 Å². The van der Waals surface area contributed by atoms with Gasteiger partial charge in [-0.3, -0.25) is 0 Å². The summed E-state index contributed by atoms with van der Waals surface area (Å²) in [6.45, 7) is 2.60. The molecule has 2 N–H and O–H groups in total. The zero-order chi connectivity index (χ0) is 9.97. The Morgan fingerprint density at radius 2 is 2.00 bits per heavy atom. The van der Waals surface area contributed by atoms with Crippen molar-refractivity contribution in [2.75, 3.05) is 0 Å². The molecule has 0 saturated carbocycles. The number of thiazole rings is 1. The molecule has 0 aliphatic rings. The third kappa shape index (κ3) is 1.84. The second-order valence-electron chi connectivity index (χ2n) is 3.20. The van der Waals surface area contributed by atoms with E-state index >= 15 is 0 Å². The molecule has 1 aromatic carbocycles. The Labute approximate surface area is 87.4 Å². The van der Waals surface area contributed by atoms with Crippen LogP contribution in [-0.4, -0.2) is 4.98 Å². The molecule has 14 heavy (non-hydrogen) atoms. The van der Waals surface area contributed by atoms with Gasteiger partial charge in [-0.2, -0.15) is 0 Å². The van der Waals surface area contributed by atoms with Gasteiger partial charge in [-0.25, -0.2) is 4.98 Å². The number of aryl methyl sites for hydroxylation is 1. The van der Waals surface area contributed by atoms with Crippen molar-refractivity contribution >= 4 is 11.3 Å². The number of nitrogens with two attached hydrogens (primary N) is 1. The molecule has 2 rings (SSSR count). The van der Waals surface area contributed by atoms with Gasteiger partial charge in [0.15, 0.2) is 0 Å². The Bertz CT molecular complexity index is 417. The van der Waals surface area contributed by atoms with E-state index < -0.39 is 0 Å². The lowest BCUT2D eigenvalue weighted by molar-refractivity contribution is 1.04. The lowest BCUT2D eigenvalue weighted by Gasteiger charge is -1.96. The fourth-order valence-corrected chi connectivity index (χ4v) is 1.95. The molecule has 2 aromatic rings. The van der Waals surface area contributed by atoms with Crippen molar-refractivity contribution < 1.29 is 0 Å². The zero-order valence-corrected chi connectivity index (χ0v) is 8.84. The van der Waals surface area contributed by atoms with Gasteiger partial charge in [0, 0.05) is 17.5 Å². The molecule has 0 radical (unpaired) electrons. The van der Waals surface area contributed by atoms with Crippen molar-refractivity contribution in [2.45, 2.75) is 13.5 Å². The van der Waals surface area contributed by atoms with E-state index in [-0.39, 0.29) is 0 Å². The molecule has 0 saturated heterocycles. The normalized spacial score (nSPS) is 10.4. The summed E-state index contributed by atoms with van der Waals surface area (Å²) in [5, 5.41) is 3.04. The first-order valence-corrected chi connectivity index (χ1v) is 5.39. The van der Waals surface area contributed by atoms with Crippen LogP contribution in [0.1, 0.15) is 10.6 Å². The van der Waals surface area contributed by atoms with Crippen LogP contribution in [0.3, 0.4) is 0 Å². The first kappa shape index (κ1) is 9.37. The molecule has 0 fully saturated rings. The largest absolute Gasteiger partial charge is 0.325 e. The quantitative estimate of drug-likeness (QED) is 0.816. The van der Waals surface area contributed by atoms with Crippen LogP contribution in [0.4, 0.5) is 0 Å². The third-order valence-corrected chi connectivity index (χ3v) is 2.94. The summed E-state index contributed by atoms with van der Waals surface area (Å²) in [5.41, 5.74) is 8.96. The average molecular weight is 204 g/mol. The summed E-state index contributed by atoms with van der Waals surface area (Å²) in [6, 6.07) is 8.36. The zero-order valence-electron chi connectivity index (χ0n) is 8.03. The minimum Gasteiger partial charge on any atom is -0.325 e. The van der Waals surface area contributed by atoms with Crippen LogP contribution in [0, 0.1) is 6.92 Å². The van der Waals surface area contributed by atoms with E-state index in [1.165, 1.54) is 5.56 Å². The van der Waals surface area contributed by atoms with Gasteiger partial charge in [0.2, 0.25) is 0 Å². The predicted molar refractivity (Wildman–Crippen MR) is 60.2 cm³/mol. The Balaban J connectivity index is 2.34. The Hall–Kier alpha value is -1.19. The number of rotatable bonds is 2. The maximum Gasteiger partial charge on any atom is 0.107 e. The second kappa shape index (κ2) is 3.90. The molecule has 0 bridgehead atoms. The van der Waals surface area contributed by atoms with Gasteiger partial charge >= 0.3 is 0 Å². The molecule has 72 valence electrons. The van der Waals surface area contributed by atoms with Gasteiger partial charge in [-0.05, 0) is 6.92 Å². The highest BCUT2D eigenvalue weighted by Crippen LogP contribution is 2.21. The fourth-order valence-electron chi connectivity index (χ4n) is 1.26. The molecule has 3 heteroatoms. The molecular formula is C11H12N2S. The second-order valence-corrected chi connectivity index (χ2v) is 4.14. The number of hydrogen-bond donors (Lipinski definition) is 1. The summed E-state index contributed by atoms with van der Waals surface area (Å²) >= 11 is 1.61. The van der Waals surface area contributed by atoms with Gasteiger partial charge in [0.05, 0.1) is 5.69 Å². The van der Waals surface area contributed by atoms with Crippen LogP contribution in [0.15, 0.2) is 29.6 Å². The lowest BCUT2D eigenvalue weighted by atomic mass is 10.1. The summed E-state index contributed by atoms with van der Waals surface area (Å²) in [6.07, 6.45) is 0. The number of aromatic nitrogens is 1. The fraction of sp³-hybridized carbons (Fsp3) is 0.182. The van der Waals surface area contributed by atoms with Gasteiger partial charge in [-0.1, -0.05) is 29.8 Å². The highest BCUT2D eigenvalue weighted by molar-refractivity contribution is 7.09. The van der Waals surface area contributed by atoms with Crippen molar-refractivity contribution in [2.24, 2.45) is 5.73 Å². The van der Waals surface area contributed by atoms with Crippen molar-refractivity contribution in [3.8, 4) is 11.3 Å². The number of benzene rings is 1. The van der Waals surface area contributed by atoms with E-state index in [0.29, 0.717) is 6.54 Å². The lowest BCUT2D eigenvalue weighted by Crippen LogP contribution is -1.94. The first-order valence-electron chi connectivity index (χ1n) is 4.51. The maximum atomic E-state index is 5.51. The number of nitrogens with zero attached hydrogens (tertiary/aromatic N) is 1. The van der Waals surface area contributed by atoms with E-state index in [1.54, 1.807) is 11.3 Å². The smallest absolute Gasteiger partial charge is 0.107 e. The average Bonchev–Trinajstić information content (AvgIpc) is 2.67. The summed E-state index contributed by atoms with van der Waals surface area (Å²) in [7, 11) is 0. The van der Waals surface area contributed by atoms with Crippen molar-refractivity contribution in [1.82, 2.24) is 4.98 Å². The molecule has 0 atom stereocenters. The number of hydrogen-bond acceptors (Lipinski definition) is 3. The molecular weight excluding hydrogens is 192 g/mol. The molecule has 2 nitrogen and oxygen atoms in total. The molecule has 1 heterocycles. The molecule has 0 aliphatic carbocycles. The van der Waals surface area contributed by atoms with Crippen molar-refractivity contribution in [3.05, 3.63) is 40.2 Å². The summed E-state index contributed by atoms with van der Waals surface area (Å²) < 4.78 is 0. The maximum absolute atomic E-state index is 5.51. The molecule has 0 amide bonds. The van der Waals surface area contributed by atoms with Crippen LogP contribution in [-0.2, 0) is 6.54 Å². The Morgan fingerprint density at radius 3 is 2.57 bits per heavy atom. The van der Waals surface area contributed by atoms with Gasteiger partial charge in [0.1, 0.15) is 5.01 Å². The van der Waals surface area contributed by atoms with Crippen LogP contribution in [0.5, 0.6) is 0 Å². The first-order chi connectivity index (χ1) is 6.79. The van der Waals surface area contributed by atoms with E-state index in [1.807, 2.05) is 5.38 Å². The van der Waals surface area contributed by atoms with E-state index in [0.717, 1.165) is 16.3 Å². The van der Waals surface area contributed by atoms with Gasteiger partial charge < -0.3 is 5.73 Å². The molecule has 0 spiro atoms. The van der Waals surface area contributed by atoms with E-state index in [2.05, 4.69) is 36.2 Å². The monoisotopic (exact) mass is 204 g/mol. The standard InChI is InChI=1S/C11H12N2S/c1-8-2-4-9(5-3-8)10-7-14-11(6-12)13-10/h2-5,7H,6,12H2,1H3. The van der Waals surface area contributed by atoms with Crippen molar-refractivity contribution in [1.29, 1.82) is 0 Å². The molecule has 1 aromatic heterocycles. The predicted octanol–water partition coefficient (Wildman–Crippen LogP) is 2.58. The topological polar surface area (TPSA) is 38.9 Å².